The SMILES string of the molecule is CCC(CC/C=C/CC(C)CNC=O)CN(CC)c1cc(C(N)=O)ccc1OCCCCc1cccc(C)c1.COc1nn(C)cc1C. The molecule has 0 saturated carbocycles. The monoisotopic (exact) mass is 661 g/mol. The molecule has 2 atom stereocenters. The molecule has 1 aromatic heterocycles. The molecule has 0 bridgehead atoms. The maximum atomic E-state index is 12.0. The van der Waals surface area contributed by atoms with Gasteiger partial charge in [-0.05, 0) is 94.9 Å². The molecule has 0 fully saturated rings. The molecule has 0 radical (unpaired) electrons. The summed E-state index contributed by atoms with van der Waals surface area (Å²) < 4.78 is 12.9. The van der Waals surface area contributed by atoms with Crippen LogP contribution in [0, 0.1) is 25.7 Å². The van der Waals surface area contributed by atoms with Crippen LogP contribution >= 0.6 is 0 Å². The molecule has 2 aromatic carbocycles. The molecule has 3 aromatic rings. The minimum Gasteiger partial charge on any atom is -0.491 e. The Kier molecular flexibility index (Phi) is 18.6. The molecule has 0 aliphatic carbocycles. The van der Waals surface area contributed by atoms with Crippen LogP contribution in [0.15, 0.2) is 60.8 Å². The molecule has 0 aliphatic heterocycles. The summed E-state index contributed by atoms with van der Waals surface area (Å²) in [7, 11) is 3.49. The number of ether oxygens (including phenoxy) is 2. The molecule has 9 nitrogen and oxygen atoms in total. The maximum Gasteiger partial charge on any atom is 0.248 e. The first-order valence-corrected chi connectivity index (χ1v) is 17.3. The molecule has 2 amide bonds. The van der Waals surface area contributed by atoms with Crippen LogP contribution in [0.3, 0.4) is 0 Å². The zero-order valence-corrected chi connectivity index (χ0v) is 30.3. The second-order valence-corrected chi connectivity index (χ2v) is 12.6. The third kappa shape index (κ3) is 14.7. The average molecular weight is 662 g/mol. The number of hydrogen-bond acceptors (Lipinski definition) is 6. The van der Waals surface area contributed by atoms with Crippen LogP contribution in [0.5, 0.6) is 11.6 Å². The Morgan fingerprint density at radius 1 is 1.12 bits per heavy atom. The average Bonchev–Trinajstić information content (AvgIpc) is 3.41. The maximum absolute atomic E-state index is 12.0. The minimum absolute atomic E-state index is 0.424. The van der Waals surface area contributed by atoms with Crippen LogP contribution in [0.25, 0.3) is 0 Å². The summed E-state index contributed by atoms with van der Waals surface area (Å²) in [6.07, 6.45) is 14.4. The van der Waals surface area contributed by atoms with Gasteiger partial charge in [-0.2, -0.15) is 0 Å². The van der Waals surface area contributed by atoms with Gasteiger partial charge in [0.25, 0.3) is 0 Å². The minimum atomic E-state index is -0.424. The zero-order chi connectivity index (χ0) is 35.3. The van der Waals surface area contributed by atoms with E-state index >= 15 is 0 Å². The fourth-order valence-electron chi connectivity index (χ4n) is 5.55. The highest BCUT2D eigenvalue weighted by Crippen LogP contribution is 2.31. The van der Waals surface area contributed by atoms with Gasteiger partial charge in [0, 0.05) is 44.0 Å². The van der Waals surface area contributed by atoms with Crippen LogP contribution in [-0.4, -0.2) is 55.4 Å². The third-order valence-electron chi connectivity index (χ3n) is 8.38. The fourth-order valence-corrected chi connectivity index (χ4v) is 5.55. The number of nitrogens with two attached hydrogens (primary N) is 1. The summed E-state index contributed by atoms with van der Waals surface area (Å²) in [5, 5.41) is 6.77. The number of amides is 2. The summed E-state index contributed by atoms with van der Waals surface area (Å²) in [5.41, 5.74) is 10.8. The molecular weight excluding hydrogens is 602 g/mol. The van der Waals surface area contributed by atoms with Crippen molar-refractivity contribution in [2.45, 2.75) is 79.6 Å². The van der Waals surface area contributed by atoms with Crippen molar-refractivity contribution in [2.24, 2.45) is 24.6 Å². The van der Waals surface area contributed by atoms with E-state index in [-0.39, 0.29) is 0 Å². The Hall–Kier alpha value is -4.27. The van der Waals surface area contributed by atoms with Gasteiger partial charge in [-0.25, -0.2) is 0 Å². The Morgan fingerprint density at radius 2 is 1.92 bits per heavy atom. The Labute approximate surface area is 288 Å². The van der Waals surface area contributed by atoms with Crippen LogP contribution in [0.4, 0.5) is 5.69 Å². The summed E-state index contributed by atoms with van der Waals surface area (Å²) in [4.78, 5) is 24.7. The zero-order valence-electron chi connectivity index (χ0n) is 30.3. The molecule has 9 heteroatoms. The van der Waals surface area contributed by atoms with Crippen LogP contribution in [0.1, 0.15) is 86.3 Å². The lowest BCUT2D eigenvalue weighted by Crippen LogP contribution is -2.30. The first-order valence-electron chi connectivity index (χ1n) is 17.3. The molecule has 0 saturated heterocycles. The van der Waals surface area contributed by atoms with E-state index in [4.69, 9.17) is 15.2 Å². The van der Waals surface area contributed by atoms with E-state index in [9.17, 15) is 9.59 Å². The highest BCUT2D eigenvalue weighted by atomic mass is 16.5. The number of allylic oxidation sites excluding steroid dienone is 2. The van der Waals surface area contributed by atoms with Gasteiger partial charge < -0.3 is 25.4 Å². The van der Waals surface area contributed by atoms with Crippen molar-refractivity contribution in [3.05, 3.63) is 83.1 Å². The van der Waals surface area contributed by atoms with Gasteiger partial charge in [-0.1, -0.05) is 62.2 Å². The molecular formula is C39H59N5O4. The van der Waals surface area contributed by atoms with Crippen molar-refractivity contribution in [3.63, 3.8) is 0 Å². The number of carbonyl (C=O) groups excluding carboxylic acids is 2. The number of primary amides is 1. The number of anilines is 1. The molecule has 1 heterocycles. The van der Waals surface area contributed by atoms with Crippen molar-refractivity contribution >= 4 is 18.0 Å². The smallest absolute Gasteiger partial charge is 0.248 e. The van der Waals surface area contributed by atoms with Crippen molar-refractivity contribution < 1.29 is 19.1 Å². The Bertz CT molecular complexity index is 1400. The van der Waals surface area contributed by atoms with E-state index in [1.165, 1.54) is 11.1 Å². The predicted molar refractivity (Wildman–Crippen MR) is 197 cm³/mol. The van der Waals surface area contributed by atoms with E-state index in [0.717, 1.165) is 81.4 Å². The van der Waals surface area contributed by atoms with Gasteiger partial charge in [0.2, 0.25) is 18.2 Å². The van der Waals surface area contributed by atoms with Crippen LogP contribution in [-0.2, 0) is 18.3 Å². The van der Waals surface area contributed by atoms with Gasteiger partial charge in [0.1, 0.15) is 5.75 Å². The van der Waals surface area contributed by atoms with Crippen LogP contribution in [0.2, 0.25) is 0 Å². The summed E-state index contributed by atoms with van der Waals surface area (Å²) in [6, 6.07) is 14.2. The van der Waals surface area contributed by atoms with E-state index in [2.05, 4.69) is 79.4 Å². The second kappa shape index (κ2) is 22.3. The van der Waals surface area contributed by atoms with Gasteiger partial charge >= 0.3 is 0 Å². The van der Waals surface area contributed by atoms with Gasteiger partial charge in [0.15, 0.2) is 0 Å². The van der Waals surface area contributed by atoms with Gasteiger partial charge in [0.05, 0.1) is 19.4 Å². The number of methoxy groups -OCH3 is 1. The molecule has 2 unspecified atom stereocenters. The topological polar surface area (TPSA) is 112 Å². The second-order valence-electron chi connectivity index (χ2n) is 12.6. The Morgan fingerprint density at radius 3 is 2.52 bits per heavy atom. The lowest BCUT2D eigenvalue weighted by molar-refractivity contribution is -0.109. The number of aryl methyl sites for hydroxylation is 4. The van der Waals surface area contributed by atoms with E-state index in [1.807, 2.05) is 32.3 Å². The summed E-state index contributed by atoms with van der Waals surface area (Å²) >= 11 is 0. The molecule has 264 valence electrons. The molecule has 3 rings (SSSR count). The van der Waals surface area contributed by atoms with Crippen molar-refractivity contribution in [2.75, 3.05) is 38.3 Å². The van der Waals surface area contributed by atoms with Gasteiger partial charge in [-0.3, -0.25) is 14.3 Å². The quantitative estimate of drug-likeness (QED) is 0.0710. The molecule has 3 N–H and O–H groups in total. The first-order chi connectivity index (χ1) is 23.1. The van der Waals surface area contributed by atoms with Crippen molar-refractivity contribution in [1.29, 1.82) is 0 Å². The fraction of sp³-hybridized carbons (Fsp3) is 0.513. The highest BCUT2D eigenvalue weighted by Gasteiger charge is 2.18. The number of aromatic nitrogens is 2. The van der Waals surface area contributed by atoms with Crippen LogP contribution < -0.4 is 25.4 Å². The molecule has 48 heavy (non-hydrogen) atoms. The normalized spacial score (nSPS) is 12.1. The van der Waals surface area contributed by atoms with Crippen molar-refractivity contribution in [3.8, 4) is 11.6 Å². The largest absolute Gasteiger partial charge is 0.491 e. The summed E-state index contributed by atoms with van der Waals surface area (Å²) in [6.45, 7) is 13.7. The lowest BCUT2D eigenvalue weighted by Gasteiger charge is -2.30. The predicted octanol–water partition coefficient (Wildman–Crippen LogP) is 7.19. The third-order valence-corrected chi connectivity index (χ3v) is 8.38. The number of nitrogens with one attached hydrogen (secondary N) is 1. The summed E-state index contributed by atoms with van der Waals surface area (Å²) in [5.74, 6) is 2.04. The number of unbranched alkanes of at least 4 members (excludes halogenated alkanes) is 1. The highest BCUT2D eigenvalue weighted by molar-refractivity contribution is 5.94. The number of rotatable bonds is 21. The number of hydrogen-bond donors (Lipinski definition) is 2. The van der Waals surface area contributed by atoms with Gasteiger partial charge in [-0.15, -0.1) is 5.10 Å². The number of carbonyl (C=O) groups is 2. The molecule has 0 aliphatic rings. The van der Waals surface area contributed by atoms with E-state index in [1.54, 1.807) is 17.9 Å². The number of nitrogens with zero attached hydrogens (tertiary/aromatic N) is 3. The van der Waals surface area contributed by atoms with E-state index in [0.29, 0.717) is 36.4 Å². The molecule has 0 spiro atoms. The van der Waals surface area contributed by atoms with E-state index < -0.39 is 5.91 Å². The number of benzene rings is 2. The standard InChI is InChI=1S/C33H49N3O3.C6H10N2O/c1-5-28(15-9-7-8-13-27(4)23-35-25-37)24-36(6-2)31-22-30(33(34)38)18-19-32(31)39-20-11-10-16-29-17-12-14-26(3)21-29;1-5-4-8(2)7-6(5)9-3/h7-8,12,14,17-19,21-22,25,27-28H,5-6,9-11,13,15-16,20,23-24H2,1-4H3,(H2,34,38)(H,35,37);4H,1-3H3/b8-7+;. The lowest BCUT2D eigenvalue weighted by atomic mass is 9.98. The first kappa shape index (κ1) is 39.9. The van der Waals surface area contributed by atoms with Crippen molar-refractivity contribution in [1.82, 2.24) is 15.1 Å². The Balaban J connectivity index is 0.000000764.